The third-order valence-electron chi connectivity index (χ3n) is 8.54. The molecular weight excluding hydrogens is 594 g/mol. The lowest BCUT2D eigenvalue weighted by Crippen LogP contribution is -2.68. The largest absolute Gasteiger partial charge is 0.417 e. The van der Waals surface area contributed by atoms with Gasteiger partial charge < -0.3 is 4.74 Å². The van der Waals surface area contributed by atoms with E-state index in [2.05, 4.69) is 4.90 Å². The van der Waals surface area contributed by atoms with Crippen LogP contribution in [0.1, 0.15) is 41.0 Å². The van der Waals surface area contributed by atoms with E-state index in [0.29, 0.717) is 37.1 Å². The molecule has 5 rings (SSSR count). The summed E-state index contributed by atoms with van der Waals surface area (Å²) in [6, 6.07) is 15.0. The van der Waals surface area contributed by atoms with Crippen LogP contribution in [-0.4, -0.2) is 63.1 Å². The van der Waals surface area contributed by atoms with Crippen LogP contribution in [0.5, 0.6) is 0 Å². The van der Waals surface area contributed by atoms with E-state index < -0.39 is 38.4 Å². The lowest BCUT2D eigenvalue weighted by molar-refractivity contribution is -0.140. The van der Waals surface area contributed by atoms with Gasteiger partial charge in [-0.25, -0.2) is 8.42 Å². The van der Waals surface area contributed by atoms with Gasteiger partial charge in [-0.05, 0) is 66.8 Å². The van der Waals surface area contributed by atoms with Crippen molar-refractivity contribution in [3.8, 4) is 11.1 Å². The Hall–Kier alpha value is -2.93. The first-order chi connectivity index (χ1) is 20.2. The van der Waals surface area contributed by atoms with E-state index in [4.69, 9.17) is 4.74 Å². The predicted molar refractivity (Wildman–Crippen MR) is 150 cm³/mol. The molecule has 2 aliphatic heterocycles. The standard InChI is InChI=1S/C31H32F6N2O3S/c1-20-23(8-7-10-24(20)30(32,33)34)21-12-14-22(15-13-21)29-26-18-38(16-5-6-17-39(26)27(29)19-42-2)43(40,41)28-11-4-3-9-25(28)31(35,36)37/h3-4,7-15,26-27,29H,5-6,16-19H2,1-2H3. The Morgan fingerprint density at radius 3 is 2.12 bits per heavy atom. The van der Waals surface area contributed by atoms with E-state index in [0.717, 1.165) is 28.1 Å². The van der Waals surface area contributed by atoms with E-state index in [-0.39, 0.29) is 36.7 Å². The van der Waals surface area contributed by atoms with E-state index in [1.54, 1.807) is 25.3 Å². The summed E-state index contributed by atoms with van der Waals surface area (Å²) in [6.07, 6.45) is -8.16. The fourth-order valence-electron chi connectivity index (χ4n) is 6.48. The minimum Gasteiger partial charge on any atom is -0.383 e. The Kier molecular flexibility index (Phi) is 8.69. The molecule has 232 valence electrons. The molecule has 2 aliphatic rings. The van der Waals surface area contributed by atoms with Crippen molar-refractivity contribution in [3.05, 3.63) is 89.0 Å². The van der Waals surface area contributed by atoms with Gasteiger partial charge in [0.2, 0.25) is 10.0 Å². The highest BCUT2D eigenvalue weighted by Gasteiger charge is 2.51. The van der Waals surface area contributed by atoms with E-state index in [1.165, 1.54) is 25.1 Å². The molecule has 43 heavy (non-hydrogen) atoms. The molecule has 12 heteroatoms. The molecule has 3 unspecified atom stereocenters. The first kappa shape index (κ1) is 31.5. The number of rotatable bonds is 6. The molecule has 0 saturated carbocycles. The molecule has 3 aromatic rings. The normalized spacial score (nSPS) is 22.4. The molecule has 3 aromatic carbocycles. The van der Waals surface area contributed by atoms with Gasteiger partial charge in [0.1, 0.15) is 0 Å². The third-order valence-corrected chi connectivity index (χ3v) is 10.5. The third kappa shape index (κ3) is 6.07. The Bertz CT molecular complexity index is 1560. The average molecular weight is 627 g/mol. The Balaban J connectivity index is 1.47. The SMILES string of the molecule is COCC1C(c2ccc(-c3cccc(C(F)(F)F)c3C)cc2)C2CN(S(=O)(=O)c3ccccc3C(F)(F)F)CCCCN12. The van der Waals surface area contributed by atoms with Crippen molar-refractivity contribution in [1.29, 1.82) is 0 Å². The summed E-state index contributed by atoms with van der Waals surface area (Å²) < 4.78 is 116. The van der Waals surface area contributed by atoms with Crippen LogP contribution in [0.25, 0.3) is 11.1 Å². The summed E-state index contributed by atoms with van der Waals surface area (Å²) in [5.41, 5.74) is 0.137. The van der Waals surface area contributed by atoms with Gasteiger partial charge in [0.15, 0.2) is 0 Å². The molecule has 2 heterocycles. The molecule has 2 saturated heterocycles. The monoisotopic (exact) mass is 626 g/mol. The number of sulfonamides is 1. The van der Waals surface area contributed by atoms with E-state index in [9.17, 15) is 34.8 Å². The quantitative estimate of drug-likeness (QED) is 0.278. The number of fused-ring (bicyclic) bond motifs is 1. The van der Waals surface area contributed by atoms with Gasteiger partial charge in [-0.1, -0.05) is 48.5 Å². The predicted octanol–water partition coefficient (Wildman–Crippen LogP) is 6.97. The molecule has 0 bridgehead atoms. The zero-order chi connectivity index (χ0) is 31.2. The van der Waals surface area contributed by atoms with Crippen LogP contribution in [0, 0.1) is 6.92 Å². The molecular formula is C31H32F6N2O3S. The summed E-state index contributed by atoms with van der Waals surface area (Å²) in [4.78, 5) is 1.39. The van der Waals surface area contributed by atoms with Gasteiger partial charge in [-0.3, -0.25) is 4.90 Å². The number of nitrogens with zero attached hydrogens (tertiary/aromatic N) is 2. The Morgan fingerprint density at radius 2 is 1.47 bits per heavy atom. The van der Waals surface area contributed by atoms with E-state index in [1.807, 2.05) is 12.1 Å². The minimum atomic E-state index is -4.83. The number of methoxy groups -OCH3 is 1. The van der Waals surface area contributed by atoms with Crippen molar-refractivity contribution >= 4 is 10.0 Å². The van der Waals surface area contributed by atoms with Crippen molar-refractivity contribution in [2.24, 2.45) is 0 Å². The Labute approximate surface area is 247 Å². The highest BCUT2D eigenvalue weighted by molar-refractivity contribution is 7.89. The molecule has 0 spiro atoms. The van der Waals surface area contributed by atoms with Gasteiger partial charge in [0.05, 0.1) is 22.6 Å². The first-order valence-electron chi connectivity index (χ1n) is 13.9. The fraction of sp³-hybridized carbons (Fsp3) is 0.419. The zero-order valence-corrected chi connectivity index (χ0v) is 24.4. The number of alkyl halides is 6. The average Bonchev–Trinajstić information content (AvgIpc) is 2.93. The highest BCUT2D eigenvalue weighted by atomic mass is 32.2. The van der Waals surface area contributed by atoms with Gasteiger partial charge in [-0.2, -0.15) is 30.6 Å². The molecule has 0 aliphatic carbocycles. The number of halogens is 6. The van der Waals surface area contributed by atoms with Crippen molar-refractivity contribution in [3.63, 3.8) is 0 Å². The summed E-state index contributed by atoms with van der Waals surface area (Å²) in [7, 11) is -2.91. The van der Waals surface area contributed by atoms with Crippen LogP contribution in [0.3, 0.4) is 0 Å². The highest BCUT2D eigenvalue weighted by Crippen LogP contribution is 2.44. The number of hydrogen-bond donors (Lipinski definition) is 0. The van der Waals surface area contributed by atoms with Crippen molar-refractivity contribution in [2.75, 3.05) is 33.4 Å². The van der Waals surface area contributed by atoms with Crippen LogP contribution in [0.2, 0.25) is 0 Å². The second-order valence-corrected chi connectivity index (χ2v) is 12.9. The molecule has 5 nitrogen and oxygen atoms in total. The second-order valence-electron chi connectivity index (χ2n) is 11.0. The van der Waals surface area contributed by atoms with Gasteiger partial charge in [0.25, 0.3) is 0 Å². The Morgan fingerprint density at radius 1 is 0.837 bits per heavy atom. The van der Waals surface area contributed by atoms with Crippen molar-refractivity contribution < 1.29 is 39.5 Å². The van der Waals surface area contributed by atoms with Crippen molar-refractivity contribution in [1.82, 2.24) is 9.21 Å². The first-order valence-corrected chi connectivity index (χ1v) is 15.4. The van der Waals surface area contributed by atoms with Crippen LogP contribution in [0.4, 0.5) is 26.3 Å². The number of benzene rings is 3. The van der Waals surface area contributed by atoms with Gasteiger partial charge >= 0.3 is 12.4 Å². The number of ether oxygens (including phenoxy) is 1. The molecule has 0 amide bonds. The van der Waals surface area contributed by atoms with Gasteiger partial charge in [0, 0.05) is 38.2 Å². The summed E-state index contributed by atoms with van der Waals surface area (Å²) >= 11 is 0. The summed E-state index contributed by atoms with van der Waals surface area (Å²) in [6.45, 7) is 2.57. The van der Waals surface area contributed by atoms with E-state index >= 15 is 0 Å². The smallest absolute Gasteiger partial charge is 0.383 e. The molecule has 3 atom stereocenters. The lowest BCUT2D eigenvalue weighted by atomic mass is 9.74. The van der Waals surface area contributed by atoms with Crippen LogP contribution in [-0.2, 0) is 27.1 Å². The molecule has 0 N–H and O–H groups in total. The van der Waals surface area contributed by atoms with Crippen LogP contribution in [0.15, 0.2) is 71.6 Å². The second kappa shape index (κ2) is 11.9. The lowest BCUT2D eigenvalue weighted by Gasteiger charge is -2.57. The van der Waals surface area contributed by atoms with Crippen LogP contribution >= 0.6 is 0 Å². The maximum absolute atomic E-state index is 13.8. The number of hydrogen-bond acceptors (Lipinski definition) is 4. The maximum atomic E-state index is 13.8. The zero-order valence-electron chi connectivity index (χ0n) is 23.6. The van der Waals surface area contributed by atoms with Crippen molar-refractivity contribution in [2.45, 2.75) is 55.0 Å². The minimum absolute atomic E-state index is 0.00606. The molecule has 2 fully saturated rings. The van der Waals surface area contributed by atoms with Crippen LogP contribution < -0.4 is 0 Å². The summed E-state index contributed by atoms with van der Waals surface area (Å²) in [5.74, 6) is -0.203. The fourth-order valence-corrected chi connectivity index (χ4v) is 8.19. The summed E-state index contributed by atoms with van der Waals surface area (Å²) in [5, 5.41) is 0. The maximum Gasteiger partial charge on any atom is 0.417 e. The molecule has 0 radical (unpaired) electrons. The van der Waals surface area contributed by atoms with Gasteiger partial charge in [-0.15, -0.1) is 0 Å². The topological polar surface area (TPSA) is 49.9 Å². The molecule has 0 aromatic heterocycles.